The van der Waals surface area contributed by atoms with E-state index in [2.05, 4.69) is 271 Å². The largest absolute Gasteiger partial charge is 0.453 e. The van der Waals surface area contributed by atoms with E-state index in [0.29, 0.717) is 11.8 Å². The molecule has 0 atom stereocenters. The van der Waals surface area contributed by atoms with Gasteiger partial charge in [0.1, 0.15) is 11.2 Å². The zero-order valence-corrected chi connectivity index (χ0v) is 45.5. The molecule has 0 aliphatic heterocycles. The molecule has 378 valence electrons. The lowest BCUT2D eigenvalue weighted by atomic mass is 9.91. The molecular formula is C74H60N2O2. The molecule has 0 spiro atoms. The van der Waals surface area contributed by atoms with Gasteiger partial charge in [-0.15, -0.1) is 0 Å². The smallest absolute Gasteiger partial charge is 0.159 e. The molecule has 14 rings (SSSR count). The van der Waals surface area contributed by atoms with Crippen molar-refractivity contribution in [3.8, 4) is 22.3 Å². The summed E-state index contributed by atoms with van der Waals surface area (Å²) in [4.78, 5) is 4.87. The third kappa shape index (κ3) is 7.34. The number of rotatable bonds is 10. The van der Waals surface area contributed by atoms with Crippen LogP contribution in [0.1, 0.15) is 72.9 Å². The normalized spacial score (nSPS) is 12.1. The summed E-state index contributed by atoms with van der Waals surface area (Å²) in [7, 11) is 0. The van der Waals surface area contributed by atoms with Crippen LogP contribution in [0.15, 0.2) is 215 Å². The summed E-state index contributed by atoms with van der Waals surface area (Å²) in [5.41, 5.74) is 22.0. The van der Waals surface area contributed by atoms with Crippen LogP contribution < -0.4 is 9.80 Å². The zero-order chi connectivity index (χ0) is 53.1. The first-order chi connectivity index (χ1) is 38.0. The van der Waals surface area contributed by atoms with Crippen molar-refractivity contribution >= 4 is 110 Å². The van der Waals surface area contributed by atoms with Crippen molar-refractivity contribution in [2.24, 2.45) is 0 Å². The maximum atomic E-state index is 7.29. The number of hydrogen-bond acceptors (Lipinski definition) is 4. The predicted octanol–water partition coefficient (Wildman–Crippen LogP) is 22.1. The van der Waals surface area contributed by atoms with E-state index in [1.807, 2.05) is 0 Å². The molecule has 0 bridgehead atoms. The van der Waals surface area contributed by atoms with Gasteiger partial charge in [-0.2, -0.15) is 0 Å². The van der Waals surface area contributed by atoms with Crippen LogP contribution in [0.3, 0.4) is 0 Å². The SMILES string of the molecule is Cc1ccc(N(c2ccc3ccc4c(N(c5ccc(C)c(C)c5)c5cccc6c5oc5c(-c7ccccc7C(C)C)cccc56)ccc5ccc2c3c54)c2cccc3c2oc2c(-c4ccccc4C(C)C)cccc23)cc1C. The third-order valence-electron chi connectivity index (χ3n) is 16.8. The standard InChI is InChI=1S/C74H60N2O2/c1-43(2)53-17-9-11-19-55(53)57-21-13-23-59-61-25-15-27-67(73(61)77-71(57)59)75(51-35-29-45(5)47(7)41-51)65-39-33-49-32-38-64-66(40-34-50-31-37-63(65)69(49)70(50)64)76(52-36-30-46(6)48(8)42-52)68-28-16-26-62-60-24-14-22-58(72(60)78-74(62)68)56-20-12-10-18-54(56)44(3)4/h9-44H,1-8H3. The fraction of sp³-hybridized carbons (Fsp3) is 0.135. The lowest BCUT2D eigenvalue weighted by Crippen LogP contribution is -2.12. The number of hydrogen-bond donors (Lipinski definition) is 0. The van der Waals surface area contributed by atoms with Gasteiger partial charge in [-0.1, -0.05) is 185 Å². The van der Waals surface area contributed by atoms with Gasteiger partial charge in [0.05, 0.1) is 22.7 Å². The number of fused-ring (bicyclic) bond motifs is 6. The van der Waals surface area contributed by atoms with Crippen LogP contribution in [0.5, 0.6) is 0 Å². The molecule has 2 heterocycles. The van der Waals surface area contributed by atoms with E-state index in [0.717, 1.165) is 99.9 Å². The van der Waals surface area contributed by atoms with Gasteiger partial charge in [0.25, 0.3) is 0 Å². The monoisotopic (exact) mass is 1010 g/mol. The molecule has 12 aromatic carbocycles. The molecule has 4 nitrogen and oxygen atoms in total. The topological polar surface area (TPSA) is 32.8 Å². The molecule has 14 aromatic rings. The molecule has 0 unspecified atom stereocenters. The summed E-state index contributed by atoms with van der Waals surface area (Å²) < 4.78 is 14.6. The Kier molecular flexibility index (Phi) is 11.1. The van der Waals surface area contributed by atoms with E-state index < -0.39 is 0 Å². The van der Waals surface area contributed by atoms with Crippen molar-refractivity contribution in [3.05, 3.63) is 240 Å². The number of furan rings is 2. The molecule has 0 aliphatic carbocycles. The molecule has 0 saturated carbocycles. The van der Waals surface area contributed by atoms with Crippen molar-refractivity contribution in [1.82, 2.24) is 0 Å². The summed E-state index contributed by atoms with van der Waals surface area (Å²) in [5, 5.41) is 11.5. The van der Waals surface area contributed by atoms with E-state index in [1.165, 1.54) is 66.1 Å². The van der Waals surface area contributed by atoms with Crippen molar-refractivity contribution in [2.75, 3.05) is 9.80 Å². The minimum atomic E-state index is 0.357. The average molecular weight is 1010 g/mol. The summed E-state index contributed by atoms with van der Waals surface area (Å²) >= 11 is 0. The predicted molar refractivity (Wildman–Crippen MR) is 332 cm³/mol. The number of nitrogens with zero attached hydrogens (tertiary/aromatic N) is 2. The number of para-hydroxylation sites is 4. The number of anilines is 6. The molecular weight excluding hydrogens is 949 g/mol. The lowest BCUT2D eigenvalue weighted by molar-refractivity contribution is 0.669. The van der Waals surface area contributed by atoms with Crippen LogP contribution in [-0.2, 0) is 0 Å². The molecule has 0 fully saturated rings. The molecule has 2 aromatic heterocycles. The maximum absolute atomic E-state index is 7.29. The van der Waals surface area contributed by atoms with Gasteiger partial charge < -0.3 is 18.6 Å². The number of aryl methyl sites for hydroxylation is 4. The Labute approximate surface area is 455 Å². The van der Waals surface area contributed by atoms with Crippen molar-refractivity contribution in [2.45, 2.75) is 67.2 Å². The second kappa shape index (κ2) is 18.3. The first-order valence-electron chi connectivity index (χ1n) is 27.5. The summed E-state index contributed by atoms with van der Waals surface area (Å²) in [6, 6.07) is 76.1. The highest BCUT2D eigenvalue weighted by molar-refractivity contribution is 6.29. The van der Waals surface area contributed by atoms with E-state index in [9.17, 15) is 0 Å². The summed E-state index contributed by atoms with van der Waals surface area (Å²) in [6.45, 7) is 17.9. The Morgan fingerprint density at radius 3 is 1.08 bits per heavy atom. The fourth-order valence-electron chi connectivity index (χ4n) is 12.6. The highest BCUT2D eigenvalue weighted by Gasteiger charge is 2.27. The average Bonchev–Trinajstić information content (AvgIpc) is 4.20. The first-order valence-corrected chi connectivity index (χ1v) is 27.5. The molecule has 4 heteroatoms. The van der Waals surface area contributed by atoms with Gasteiger partial charge in [0, 0.05) is 54.8 Å². The summed E-state index contributed by atoms with van der Waals surface area (Å²) in [6.07, 6.45) is 0. The second-order valence-electron chi connectivity index (χ2n) is 22.2. The van der Waals surface area contributed by atoms with Crippen LogP contribution in [-0.4, -0.2) is 0 Å². The Balaban J connectivity index is 1.01. The minimum Gasteiger partial charge on any atom is -0.453 e. The van der Waals surface area contributed by atoms with Crippen LogP contribution in [0, 0.1) is 27.7 Å². The quantitative estimate of drug-likeness (QED) is 0.128. The van der Waals surface area contributed by atoms with E-state index in [1.54, 1.807) is 0 Å². The van der Waals surface area contributed by atoms with Gasteiger partial charge >= 0.3 is 0 Å². The molecule has 0 radical (unpaired) electrons. The molecule has 78 heavy (non-hydrogen) atoms. The zero-order valence-electron chi connectivity index (χ0n) is 45.5. The van der Waals surface area contributed by atoms with Gasteiger partial charge in [-0.25, -0.2) is 0 Å². The highest BCUT2D eigenvalue weighted by atomic mass is 16.3. The van der Waals surface area contributed by atoms with Gasteiger partial charge in [-0.05, 0) is 154 Å². The fourth-order valence-corrected chi connectivity index (χ4v) is 12.6. The first kappa shape index (κ1) is 47.3. The molecule has 0 saturated heterocycles. The van der Waals surface area contributed by atoms with Crippen LogP contribution in [0.4, 0.5) is 34.1 Å². The molecule has 0 N–H and O–H groups in total. The van der Waals surface area contributed by atoms with Crippen LogP contribution in [0.25, 0.3) is 98.4 Å². The Morgan fingerprint density at radius 2 is 0.667 bits per heavy atom. The Morgan fingerprint density at radius 1 is 0.295 bits per heavy atom. The number of benzene rings is 12. The highest BCUT2D eigenvalue weighted by Crippen LogP contribution is 2.52. The van der Waals surface area contributed by atoms with Gasteiger partial charge in [0.2, 0.25) is 0 Å². The van der Waals surface area contributed by atoms with E-state index in [4.69, 9.17) is 8.83 Å². The minimum absolute atomic E-state index is 0.357. The Bertz CT molecular complexity index is 4400. The summed E-state index contributed by atoms with van der Waals surface area (Å²) in [5.74, 6) is 0.713. The van der Waals surface area contributed by atoms with E-state index in [-0.39, 0.29) is 0 Å². The van der Waals surface area contributed by atoms with Crippen molar-refractivity contribution < 1.29 is 8.83 Å². The van der Waals surface area contributed by atoms with Gasteiger partial charge in [-0.3, -0.25) is 0 Å². The molecule has 0 amide bonds. The molecule has 0 aliphatic rings. The van der Waals surface area contributed by atoms with E-state index >= 15 is 0 Å². The van der Waals surface area contributed by atoms with Crippen LogP contribution in [0.2, 0.25) is 0 Å². The third-order valence-corrected chi connectivity index (χ3v) is 16.8. The lowest BCUT2D eigenvalue weighted by Gasteiger charge is -2.29. The van der Waals surface area contributed by atoms with Gasteiger partial charge in [0.15, 0.2) is 11.2 Å². The Hall–Kier alpha value is -9.12. The maximum Gasteiger partial charge on any atom is 0.159 e. The second-order valence-corrected chi connectivity index (χ2v) is 22.2. The van der Waals surface area contributed by atoms with Crippen LogP contribution >= 0.6 is 0 Å². The van der Waals surface area contributed by atoms with Crippen molar-refractivity contribution in [1.29, 1.82) is 0 Å². The van der Waals surface area contributed by atoms with Crippen molar-refractivity contribution in [3.63, 3.8) is 0 Å².